The Labute approximate surface area is 200 Å². The topological polar surface area (TPSA) is 123 Å². The number of nitrogens with one attached hydrogen (secondary N) is 2. The van der Waals surface area contributed by atoms with Crippen molar-refractivity contribution in [2.75, 3.05) is 5.32 Å². The number of nitriles is 1. The summed E-state index contributed by atoms with van der Waals surface area (Å²) in [7, 11) is 0. The van der Waals surface area contributed by atoms with Crippen molar-refractivity contribution in [1.82, 2.24) is 10.3 Å². The summed E-state index contributed by atoms with van der Waals surface area (Å²) in [6.07, 6.45) is -1.85. The van der Waals surface area contributed by atoms with Crippen LogP contribution in [0.2, 0.25) is 0 Å². The molecule has 190 valence electrons. The largest absolute Gasteiger partial charge is 0.523 e. The van der Waals surface area contributed by atoms with E-state index in [0.29, 0.717) is 12.1 Å². The molecule has 12 heteroatoms. The number of hydrogen-bond donors (Lipinski definition) is 2. The summed E-state index contributed by atoms with van der Waals surface area (Å²) in [4.78, 5) is 28.5. The number of carbonyl (C=O) groups is 2. The lowest BCUT2D eigenvalue weighted by molar-refractivity contribution is -0.357. The van der Waals surface area contributed by atoms with Gasteiger partial charge in [-0.3, -0.25) is 9.53 Å². The number of aromatic nitrogens is 1. The van der Waals surface area contributed by atoms with E-state index in [2.05, 4.69) is 20.4 Å². The molecule has 2 N–H and O–H groups in total. The Hall–Kier alpha value is -3.59. The summed E-state index contributed by atoms with van der Waals surface area (Å²) in [5, 5.41) is 14.3. The van der Waals surface area contributed by atoms with Gasteiger partial charge in [-0.25, -0.2) is 9.78 Å². The first kappa shape index (κ1) is 27.7. The fourth-order valence-electron chi connectivity index (χ4n) is 3.09. The maximum atomic E-state index is 12.8. The van der Waals surface area contributed by atoms with Gasteiger partial charge in [0.2, 0.25) is 11.8 Å². The zero-order valence-electron chi connectivity index (χ0n) is 19.9. The van der Waals surface area contributed by atoms with Crippen LogP contribution in [0.15, 0.2) is 41.8 Å². The van der Waals surface area contributed by atoms with E-state index in [4.69, 9.17) is 14.7 Å². The van der Waals surface area contributed by atoms with Crippen LogP contribution in [-0.4, -0.2) is 40.6 Å². The molecule has 0 radical (unpaired) electrons. The minimum absolute atomic E-state index is 0.0522. The number of anilines is 1. The molecule has 0 fully saturated rings. The molecule has 2 amide bonds. The minimum Gasteiger partial charge on any atom is -0.444 e. The number of alkyl carbamates (subject to hydrolysis) is 1. The molecule has 1 aliphatic carbocycles. The van der Waals surface area contributed by atoms with Gasteiger partial charge in [-0.15, -0.1) is 13.2 Å². The third-order valence-electron chi connectivity index (χ3n) is 4.63. The molecular formula is C23H27F3N4O5. The molecule has 0 aromatic carbocycles. The lowest BCUT2D eigenvalue weighted by atomic mass is 9.88. The lowest BCUT2D eigenvalue weighted by Gasteiger charge is -2.32. The van der Waals surface area contributed by atoms with E-state index < -0.39 is 35.6 Å². The van der Waals surface area contributed by atoms with E-state index in [1.54, 1.807) is 33.8 Å². The highest BCUT2D eigenvalue weighted by Gasteiger charge is 2.45. The van der Waals surface area contributed by atoms with Gasteiger partial charge in [-0.1, -0.05) is 6.92 Å². The van der Waals surface area contributed by atoms with Crippen molar-refractivity contribution in [2.45, 2.75) is 71.1 Å². The van der Waals surface area contributed by atoms with Gasteiger partial charge in [0.1, 0.15) is 23.0 Å². The number of carbonyl (C=O) groups excluding carboxylic acids is 2. The Morgan fingerprint density at radius 2 is 1.94 bits per heavy atom. The van der Waals surface area contributed by atoms with Gasteiger partial charge in [0.05, 0.1) is 23.5 Å². The number of nitrogens with zero attached hydrogens (tertiary/aromatic N) is 2. The number of alkyl halides is 3. The normalized spacial score (nSPS) is 18.9. The number of pyridine rings is 1. The number of halogens is 3. The van der Waals surface area contributed by atoms with Crippen LogP contribution in [0.25, 0.3) is 0 Å². The van der Waals surface area contributed by atoms with Crippen molar-refractivity contribution in [3.63, 3.8) is 0 Å². The van der Waals surface area contributed by atoms with Crippen molar-refractivity contribution < 1.29 is 37.0 Å². The molecule has 1 aliphatic rings. The van der Waals surface area contributed by atoms with E-state index in [0.717, 1.165) is 6.92 Å². The average Bonchev–Trinajstić information content (AvgIpc) is 2.70. The summed E-state index contributed by atoms with van der Waals surface area (Å²) >= 11 is 0. The van der Waals surface area contributed by atoms with E-state index in [-0.39, 0.29) is 23.6 Å². The highest BCUT2D eigenvalue weighted by Crippen LogP contribution is 2.38. The number of hydrogen-bond acceptors (Lipinski definition) is 7. The molecule has 1 heterocycles. The molecule has 9 nitrogen and oxygen atoms in total. The van der Waals surface area contributed by atoms with Crippen molar-refractivity contribution in [2.24, 2.45) is 0 Å². The first-order valence-corrected chi connectivity index (χ1v) is 10.7. The van der Waals surface area contributed by atoms with Crippen molar-refractivity contribution in [1.29, 1.82) is 5.26 Å². The van der Waals surface area contributed by atoms with Crippen LogP contribution in [0, 0.1) is 11.3 Å². The SMILES string of the molecule is CCC(NC(=O)OC(C)(C)C)C(=O)Nc1ccc(OC2=CC=C(C#N)C(C)(OC(F)(F)F)C2)nc1. The monoisotopic (exact) mass is 496 g/mol. The number of amides is 2. The van der Waals surface area contributed by atoms with Gasteiger partial charge < -0.3 is 20.1 Å². The standard InChI is InChI=1S/C23H27F3N4O5/c1-6-17(30-20(32)34-21(2,3)4)19(31)29-15-8-10-18(28-13-15)33-16-9-7-14(12-27)22(5,11-16)35-23(24,25)26/h7-10,13,17H,6,11H2,1-5H3,(H,29,31)(H,30,32). The zero-order valence-corrected chi connectivity index (χ0v) is 19.9. The van der Waals surface area contributed by atoms with Gasteiger partial charge in [0.25, 0.3) is 0 Å². The van der Waals surface area contributed by atoms with E-state index >= 15 is 0 Å². The number of allylic oxidation sites excluding steroid dienone is 2. The molecule has 0 spiro atoms. The molecule has 0 saturated heterocycles. The molecule has 2 atom stereocenters. The second kappa shape index (κ2) is 10.8. The van der Waals surface area contributed by atoms with Gasteiger partial charge in [0.15, 0.2) is 0 Å². The average molecular weight is 496 g/mol. The fourth-order valence-corrected chi connectivity index (χ4v) is 3.09. The Balaban J connectivity index is 2.02. The summed E-state index contributed by atoms with van der Waals surface area (Å²) in [5.41, 5.74) is -2.55. The molecule has 0 aliphatic heterocycles. The number of rotatable bonds is 7. The molecule has 35 heavy (non-hydrogen) atoms. The Morgan fingerprint density at radius 1 is 1.26 bits per heavy atom. The number of ether oxygens (including phenoxy) is 3. The molecule has 0 saturated carbocycles. The molecule has 2 unspecified atom stereocenters. The maximum absolute atomic E-state index is 12.8. The smallest absolute Gasteiger partial charge is 0.444 e. The Morgan fingerprint density at radius 3 is 2.46 bits per heavy atom. The van der Waals surface area contributed by atoms with Crippen LogP contribution in [0.5, 0.6) is 5.88 Å². The molecule has 1 aromatic heterocycles. The zero-order chi connectivity index (χ0) is 26.4. The van der Waals surface area contributed by atoms with Gasteiger partial charge in [-0.05, 0) is 52.3 Å². The third-order valence-corrected chi connectivity index (χ3v) is 4.63. The highest BCUT2D eigenvalue weighted by molar-refractivity contribution is 5.96. The van der Waals surface area contributed by atoms with Crippen LogP contribution < -0.4 is 15.4 Å². The molecule has 0 bridgehead atoms. The maximum Gasteiger partial charge on any atom is 0.523 e. The summed E-state index contributed by atoms with van der Waals surface area (Å²) in [6.45, 7) is 7.98. The second-order valence-corrected chi connectivity index (χ2v) is 8.86. The summed E-state index contributed by atoms with van der Waals surface area (Å²) in [6, 6.07) is 3.75. The van der Waals surface area contributed by atoms with Crippen molar-refractivity contribution in [3.8, 4) is 11.9 Å². The quantitative estimate of drug-likeness (QED) is 0.559. The summed E-state index contributed by atoms with van der Waals surface area (Å²) in [5.74, 6) is -0.331. The highest BCUT2D eigenvalue weighted by atomic mass is 19.4. The Kier molecular flexibility index (Phi) is 8.51. The fraction of sp³-hybridized carbons (Fsp3) is 0.478. The van der Waals surface area contributed by atoms with E-state index in [9.17, 15) is 22.8 Å². The Bertz CT molecular complexity index is 1040. The van der Waals surface area contributed by atoms with Gasteiger partial charge in [0, 0.05) is 12.5 Å². The van der Waals surface area contributed by atoms with Crippen molar-refractivity contribution >= 4 is 17.7 Å². The van der Waals surface area contributed by atoms with Crippen LogP contribution in [0.4, 0.5) is 23.7 Å². The summed E-state index contributed by atoms with van der Waals surface area (Å²) < 4.78 is 53.4. The first-order chi connectivity index (χ1) is 16.1. The molecule has 2 rings (SSSR count). The molecule has 1 aromatic rings. The second-order valence-electron chi connectivity index (χ2n) is 8.86. The predicted molar refractivity (Wildman–Crippen MR) is 119 cm³/mol. The van der Waals surface area contributed by atoms with Crippen molar-refractivity contribution in [3.05, 3.63) is 41.8 Å². The van der Waals surface area contributed by atoms with E-state index in [1.807, 2.05) is 0 Å². The third kappa shape index (κ3) is 8.60. The van der Waals surface area contributed by atoms with Gasteiger partial charge in [-0.2, -0.15) is 5.26 Å². The first-order valence-electron chi connectivity index (χ1n) is 10.7. The lowest BCUT2D eigenvalue weighted by Crippen LogP contribution is -2.45. The van der Waals surface area contributed by atoms with Crippen LogP contribution in [0.3, 0.4) is 0 Å². The predicted octanol–water partition coefficient (Wildman–Crippen LogP) is 4.73. The van der Waals surface area contributed by atoms with Crippen LogP contribution >= 0.6 is 0 Å². The van der Waals surface area contributed by atoms with Gasteiger partial charge >= 0.3 is 12.5 Å². The van der Waals surface area contributed by atoms with E-state index in [1.165, 1.54) is 30.5 Å². The van der Waals surface area contributed by atoms with Crippen LogP contribution in [-0.2, 0) is 14.3 Å². The minimum atomic E-state index is -4.94. The molecular weight excluding hydrogens is 469 g/mol. The van der Waals surface area contributed by atoms with Crippen LogP contribution in [0.1, 0.15) is 47.5 Å².